The summed E-state index contributed by atoms with van der Waals surface area (Å²) in [7, 11) is 0. The molecule has 1 fully saturated rings. The molecule has 2 aliphatic rings. The Morgan fingerprint density at radius 1 is 1.15 bits per heavy atom. The lowest BCUT2D eigenvalue weighted by Crippen LogP contribution is -2.52. The molecule has 2 amide bonds. The van der Waals surface area contributed by atoms with Crippen LogP contribution in [-0.4, -0.2) is 44.7 Å². The molecule has 1 saturated carbocycles. The van der Waals surface area contributed by atoms with E-state index >= 15 is 0 Å². The average Bonchev–Trinajstić information content (AvgIpc) is 3.42. The van der Waals surface area contributed by atoms with Crippen LogP contribution in [0.15, 0.2) is 47.4 Å². The van der Waals surface area contributed by atoms with Crippen molar-refractivity contribution in [3.8, 4) is 17.0 Å². The maximum atomic E-state index is 14.0. The molecule has 10 nitrogen and oxygen atoms in total. The van der Waals surface area contributed by atoms with Gasteiger partial charge in [-0.15, -0.1) is 0 Å². The predicted molar refractivity (Wildman–Crippen MR) is 139 cm³/mol. The van der Waals surface area contributed by atoms with Crippen molar-refractivity contribution in [2.24, 2.45) is 5.41 Å². The summed E-state index contributed by atoms with van der Waals surface area (Å²) < 4.78 is 24.6. The van der Waals surface area contributed by atoms with Gasteiger partial charge in [-0.05, 0) is 62.5 Å². The number of nitrogens with one attached hydrogen (secondary N) is 3. The average molecular weight is 531 g/mol. The van der Waals surface area contributed by atoms with Crippen LogP contribution >= 0.6 is 0 Å². The zero-order valence-corrected chi connectivity index (χ0v) is 21.7. The van der Waals surface area contributed by atoms with E-state index in [4.69, 9.17) is 9.37 Å². The van der Waals surface area contributed by atoms with Crippen LogP contribution < -0.4 is 15.4 Å². The number of pyridine rings is 1. The zero-order chi connectivity index (χ0) is 27.3. The number of H-pyrrole nitrogens is 1. The van der Waals surface area contributed by atoms with Gasteiger partial charge in [-0.2, -0.15) is 0 Å². The first-order valence-electron chi connectivity index (χ1n) is 12.7. The van der Waals surface area contributed by atoms with Gasteiger partial charge in [0, 0.05) is 40.4 Å². The number of aromatic nitrogens is 4. The molecular formula is C28H27FN6O4. The Morgan fingerprint density at radius 3 is 2.62 bits per heavy atom. The number of rotatable bonds is 6. The molecule has 39 heavy (non-hydrogen) atoms. The Hall–Kier alpha value is -4.54. The van der Waals surface area contributed by atoms with E-state index in [-0.39, 0.29) is 11.1 Å². The first kappa shape index (κ1) is 24.8. The second-order valence-electron chi connectivity index (χ2n) is 10.4. The number of aryl methyl sites for hydroxylation is 3. The van der Waals surface area contributed by atoms with E-state index in [2.05, 4.69) is 30.9 Å². The maximum absolute atomic E-state index is 14.0. The third kappa shape index (κ3) is 4.43. The Bertz CT molecular complexity index is 1550. The molecule has 4 heterocycles. The lowest BCUT2D eigenvalue weighted by Gasteiger charge is -2.38. The molecule has 3 aromatic heterocycles. The van der Waals surface area contributed by atoms with Gasteiger partial charge in [0.15, 0.2) is 5.69 Å². The highest BCUT2D eigenvalue weighted by atomic mass is 19.1. The number of nitrogens with zero attached hydrogens (tertiary/aromatic N) is 3. The van der Waals surface area contributed by atoms with Gasteiger partial charge < -0.3 is 20.4 Å². The molecule has 1 unspecified atom stereocenters. The Kier molecular flexibility index (Phi) is 5.93. The van der Waals surface area contributed by atoms with Crippen molar-refractivity contribution in [3.05, 3.63) is 76.8 Å². The molecule has 1 aromatic carbocycles. The molecule has 0 radical (unpaired) electrons. The minimum Gasteiger partial charge on any atom is -0.493 e. The van der Waals surface area contributed by atoms with E-state index in [1.807, 2.05) is 26.1 Å². The third-order valence-corrected chi connectivity index (χ3v) is 7.71. The van der Waals surface area contributed by atoms with Crippen LogP contribution in [0.25, 0.3) is 11.3 Å². The van der Waals surface area contributed by atoms with E-state index in [1.54, 1.807) is 25.3 Å². The molecule has 0 bridgehead atoms. The summed E-state index contributed by atoms with van der Waals surface area (Å²) in [6.07, 6.45) is 5.13. The summed E-state index contributed by atoms with van der Waals surface area (Å²) in [6.45, 7) is 5.89. The number of ether oxygens (including phenoxy) is 1. The minimum absolute atomic E-state index is 0.00713. The van der Waals surface area contributed by atoms with Crippen LogP contribution in [0.5, 0.6) is 5.75 Å². The second-order valence-corrected chi connectivity index (χ2v) is 10.4. The number of carbonyl (C=O) groups excluding carboxylic acids is 2. The van der Waals surface area contributed by atoms with Gasteiger partial charge in [0.2, 0.25) is 5.91 Å². The highest BCUT2D eigenvalue weighted by molar-refractivity contribution is 6.01. The highest BCUT2D eigenvalue weighted by Crippen LogP contribution is 2.61. The van der Waals surface area contributed by atoms with Crippen molar-refractivity contribution in [1.82, 2.24) is 25.6 Å². The van der Waals surface area contributed by atoms with Crippen molar-refractivity contribution in [2.75, 3.05) is 11.9 Å². The number of anilines is 1. The van der Waals surface area contributed by atoms with Crippen molar-refractivity contribution in [1.29, 1.82) is 0 Å². The summed E-state index contributed by atoms with van der Waals surface area (Å²) >= 11 is 0. The molecular weight excluding hydrogens is 503 g/mol. The molecule has 6 rings (SSSR count). The number of fused-ring (bicyclic) bond motifs is 1. The quantitative estimate of drug-likeness (QED) is 0.340. The van der Waals surface area contributed by atoms with Crippen LogP contribution in [0, 0.1) is 32.0 Å². The topological polar surface area (TPSA) is 135 Å². The van der Waals surface area contributed by atoms with Crippen molar-refractivity contribution < 1.29 is 23.3 Å². The minimum atomic E-state index is -1.02. The molecule has 0 saturated heterocycles. The highest BCUT2D eigenvalue weighted by Gasteiger charge is 2.58. The van der Waals surface area contributed by atoms with Crippen molar-refractivity contribution in [3.63, 3.8) is 0 Å². The summed E-state index contributed by atoms with van der Waals surface area (Å²) in [6, 6.07) is 6.88. The van der Waals surface area contributed by atoms with Crippen LogP contribution in [0.2, 0.25) is 0 Å². The number of halogens is 1. The molecule has 11 heteroatoms. The van der Waals surface area contributed by atoms with Gasteiger partial charge in [-0.3, -0.25) is 14.6 Å². The first-order chi connectivity index (χ1) is 18.8. The summed E-state index contributed by atoms with van der Waals surface area (Å²) in [5, 5.41) is 13.2. The molecule has 3 N–H and O–H groups in total. The standard InChI is InChI=1S/C28H27FN6O4/c1-14-11-30-15(2)22(14)20-7-5-18(12-31-20)32-27(37)25(33-26(36)24-16(3)34-39-35-24)23-19-6-4-17(29)10-21(19)38-13-28(23)8-9-28/h4-7,10-12,23,25,30H,8-9,13H2,1-3H3,(H,32,37)(H,33,36)/t23?,25-/m0/s1. The van der Waals surface area contributed by atoms with Crippen LogP contribution in [0.4, 0.5) is 10.1 Å². The SMILES string of the molecule is Cc1c[nH]c(C)c1-c1ccc(NC(=O)[C@@H](NC(=O)c2nonc2C)C2c3ccc(F)cc3OCC23CC3)cn1. The predicted octanol–water partition coefficient (Wildman–Crippen LogP) is 4.22. The van der Waals surface area contributed by atoms with Gasteiger partial charge >= 0.3 is 0 Å². The van der Waals surface area contributed by atoms with Crippen LogP contribution in [0.1, 0.15) is 51.8 Å². The van der Waals surface area contributed by atoms with Gasteiger partial charge in [0.1, 0.15) is 23.3 Å². The number of hydrogen-bond donors (Lipinski definition) is 3. The van der Waals surface area contributed by atoms with Crippen LogP contribution in [-0.2, 0) is 4.79 Å². The fraction of sp³-hybridized carbons (Fsp3) is 0.321. The first-order valence-corrected chi connectivity index (χ1v) is 12.7. The van der Waals surface area contributed by atoms with E-state index in [1.165, 1.54) is 12.1 Å². The molecule has 200 valence electrons. The number of hydrogen-bond acceptors (Lipinski definition) is 7. The second kappa shape index (κ2) is 9.33. The molecule has 4 aromatic rings. The fourth-order valence-corrected chi connectivity index (χ4v) is 5.51. The summed E-state index contributed by atoms with van der Waals surface area (Å²) in [4.78, 5) is 34.8. The lowest BCUT2D eigenvalue weighted by molar-refractivity contribution is -0.119. The Labute approximate surface area is 223 Å². The monoisotopic (exact) mass is 530 g/mol. The van der Waals surface area contributed by atoms with Crippen molar-refractivity contribution in [2.45, 2.75) is 45.6 Å². The number of amides is 2. The summed E-state index contributed by atoms with van der Waals surface area (Å²) in [5.41, 5.74) is 4.94. The zero-order valence-electron chi connectivity index (χ0n) is 21.7. The number of aromatic amines is 1. The third-order valence-electron chi connectivity index (χ3n) is 7.71. The van der Waals surface area contributed by atoms with Gasteiger partial charge in [-0.1, -0.05) is 11.2 Å². The smallest absolute Gasteiger partial charge is 0.276 e. The largest absolute Gasteiger partial charge is 0.493 e. The molecule has 1 aliphatic heterocycles. The summed E-state index contributed by atoms with van der Waals surface area (Å²) in [5.74, 6) is -1.55. The fourth-order valence-electron chi connectivity index (χ4n) is 5.51. The molecule has 1 spiro atoms. The number of carbonyl (C=O) groups is 2. The van der Waals surface area contributed by atoms with Crippen LogP contribution in [0.3, 0.4) is 0 Å². The van der Waals surface area contributed by atoms with Gasteiger partial charge in [0.05, 0.1) is 24.2 Å². The van der Waals surface area contributed by atoms with E-state index in [9.17, 15) is 14.0 Å². The maximum Gasteiger partial charge on any atom is 0.276 e. The van der Waals surface area contributed by atoms with Gasteiger partial charge in [0.25, 0.3) is 5.91 Å². The Morgan fingerprint density at radius 2 is 1.97 bits per heavy atom. The van der Waals surface area contributed by atoms with Gasteiger partial charge in [-0.25, -0.2) is 9.02 Å². The normalized spacial score (nSPS) is 17.7. The number of benzene rings is 1. The van der Waals surface area contributed by atoms with E-state index in [0.29, 0.717) is 29.3 Å². The van der Waals surface area contributed by atoms with Crippen molar-refractivity contribution >= 4 is 17.5 Å². The Balaban J connectivity index is 1.33. The molecule has 1 aliphatic carbocycles. The van der Waals surface area contributed by atoms with E-state index < -0.39 is 29.6 Å². The molecule has 2 atom stereocenters. The van der Waals surface area contributed by atoms with E-state index in [0.717, 1.165) is 35.4 Å². The lowest BCUT2D eigenvalue weighted by atomic mass is 9.76.